The number of nitrogens with zero attached hydrogens (tertiary/aromatic N) is 1. The predicted octanol–water partition coefficient (Wildman–Crippen LogP) is 2.10. The molecule has 0 spiro atoms. The van der Waals surface area contributed by atoms with Gasteiger partial charge in [-0.05, 0) is 37.6 Å². The van der Waals surface area contributed by atoms with Gasteiger partial charge in [0.25, 0.3) is 0 Å². The molecule has 0 radical (unpaired) electrons. The summed E-state index contributed by atoms with van der Waals surface area (Å²) in [5.74, 6) is 0.919. The van der Waals surface area contributed by atoms with E-state index in [1.807, 2.05) is 0 Å². The number of likely N-dealkylation sites (tertiary alicyclic amines) is 1. The van der Waals surface area contributed by atoms with Crippen molar-refractivity contribution in [2.24, 2.45) is 11.3 Å². The quantitative estimate of drug-likeness (QED) is 0.713. The first-order valence-corrected chi connectivity index (χ1v) is 6.44. The van der Waals surface area contributed by atoms with Crippen molar-refractivity contribution in [2.45, 2.75) is 52.6 Å². The number of nitrogens with one attached hydrogen (secondary N) is 1. The molecule has 2 heterocycles. The Bertz CT molecular complexity index is 213. The van der Waals surface area contributed by atoms with E-state index in [0.717, 1.165) is 18.0 Å². The monoisotopic (exact) mass is 210 g/mol. The summed E-state index contributed by atoms with van der Waals surface area (Å²) < 4.78 is 0. The molecule has 2 heteroatoms. The molecule has 2 fully saturated rings. The molecule has 88 valence electrons. The van der Waals surface area contributed by atoms with E-state index in [4.69, 9.17) is 0 Å². The van der Waals surface area contributed by atoms with Gasteiger partial charge in [-0.2, -0.15) is 0 Å². The molecule has 0 aromatic heterocycles. The normalized spacial score (nSPS) is 35.2. The fourth-order valence-electron chi connectivity index (χ4n) is 2.80. The average Bonchev–Trinajstić information content (AvgIpc) is 1.97. The lowest BCUT2D eigenvalue weighted by atomic mass is 9.75. The summed E-state index contributed by atoms with van der Waals surface area (Å²) >= 11 is 0. The van der Waals surface area contributed by atoms with Gasteiger partial charge in [0.05, 0.1) is 0 Å². The van der Waals surface area contributed by atoms with Crippen molar-refractivity contribution >= 4 is 0 Å². The molecule has 1 N–H and O–H groups in total. The topological polar surface area (TPSA) is 15.3 Å². The standard InChI is InChI=1S/C13H26N2/c1-10-7-12(5-6-14-10)15-8-11(9-15)13(2,3)4/h10-12,14H,5-9H2,1-4H3. The third kappa shape index (κ3) is 2.54. The van der Waals surface area contributed by atoms with Gasteiger partial charge in [-0.3, -0.25) is 4.90 Å². The van der Waals surface area contributed by atoms with Crippen LogP contribution < -0.4 is 5.32 Å². The molecule has 0 bridgehead atoms. The smallest absolute Gasteiger partial charge is 0.0122 e. The maximum absolute atomic E-state index is 3.53. The van der Waals surface area contributed by atoms with Crippen LogP contribution in [0.25, 0.3) is 0 Å². The van der Waals surface area contributed by atoms with Crippen LogP contribution in [-0.2, 0) is 0 Å². The van der Waals surface area contributed by atoms with E-state index in [1.165, 1.54) is 32.5 Å². The van der Waals surface area contributed by atoms with Crippen LogP contribution in [0.1, 0.15) is 40.5 Å². The van der Waals surface area contributed by atoms with Gasteiger partial charge in [0.15, 0.2) is 0 Å². The van der Waals surface area contributed by atoms with Crippen LogP contribution in [0.5, 0.6) is 0 Å². The van der Waals surface area contributed by atoms with E-state index in [0.29, 0.717) is 5.41 Å². The van der Waals surface area contributed by atoms with Crippen molar-refractivity contribution in [1.82, 2.24) is 10.2 Å². The second-order valence-electron chi connectivity index (χ2n) is 6.55. The zero-order valence-electron chi connectivity index (χ0n) is 10.7. The Kier molecular flexibility index (Phi) is 3.09. The Hall–Kier alpha value is -0.0800. The van der Waals surface area contributed by atoms with Gasteiger partial charge in [-0.15, -0.1) is 0 Å². The third-order valence-corrected chi connectivity index (χ3v) is 4.25. The zero-order chi connectivity index (χ0) is 11.1. The fourth-order valence-corrected chi connectivity index (χ4v) is 2.80. The number of hydrogen-bond acceptors (Lipinski definition) is 2. The lowest BCUT2D eigenvalue weighted by Gasteiger charge is -2.51. The summed E-state index contributed by atoms with van der Waals surface area (Å²) in [4.78, 5) is 2.70. The van der Waals surface area contributed by atoms with Crippen LogP contribution in [-0.4, -0.2) is 36.6 Å². The Morgan fingerprint density at radius 2 is 1.87 bits per heavy atom. The van der Waals surface area contributed by atoms with E-state index in [9.17, 15) is 0 Å². The van der Waals surface area contributed by atoms with Gasteiger partial charge in [0, 0.05) is 25.2 Å². The summed E-state index contributed by atoms with van der Waals surface area (Å²) in [6, 6.07) is 1.58. The molecular formula is C13H26N2. The molecule has 2 nitrogen and oxygen atoms in total. The number of rotatable bonds is 1. The highest BCUT2D eigenvalue weighted by Gasteiger charge is 2.39. The molecule has 2 unspecified atom stereocenters. The van der Waals surface area contributed by atoms with Gasteiger partial charge in [-0.25, -0.2) is 0 Å². The number of hydrogen-bond donors (Lipinski definition) is 1. The molecule has 0 saturated carbocycles. The molecule has 0 amide bonds. The van der Waals surface area contributed by atoms with Gasteiger partial charge < -0.3 is 5.32 Å². The second kappa shape index (κ2) is 4.06. The van der Waals surface area contributed by atoms with Gasteiger partial charge in [-0.1, -0.05) is 20.8 Å². The lowest BCUT2D eigenvalue weighted by molar-refractivity contribution is -0.0191. The zero-order valence-corrected chi connectivity index (χ0v) is 10.7. The van der Waals surface area contributed by atoms with E-state index >= 15 is 0 Å². The molecule has 2 rings (SSSR count). The number of piperidine rings is 1. The molecule has 0 aromatic rings. The Labute approximate surface area is 94.4 Å². The van der Waals surface area contributed by atoms with Gasteiger partial charge in [0.2, 0.25) is 0 Å². The summed E-state index contributed by atoms with van der Waals surface area (Å²) in [6.07, 6.45) is 2.69. The highest BCUT2D eigenvalue weighted by Crippen LogP contribution is 2.36. The van der Waals surface area contributed by atoms with E-state index in [1.54, 1.807) is 0 Å². The summed E-state index contributed by atoms with van der Waals surface area (Å²) in [7, 11) is 0. The minimum absolute atomic E-state index is 0.509. The van der Waals surface area contributed by atoms with Crippen molar-refractivity contribution < 1.29 is 0 Å². The Balaban J connectivity index is 1.79. The highest BCUT2D eigenvalue weighted by atomic mass is 15.2. The van der Waals surface area contributed by atoms with E-state index < -0.39 is 0 Å². The summed E-state index contributed by atoms with van der Waals surface area (Å²) in [5, 5.41) is 3.53. The SMILES string of the molecule is CC1CC(N2CC(C(C)(C)C)C2)CCN1. The Morgan fingerprint density at radius 3 is 2.40 bits per heavy atom. The van der Waals surface area contributed by atoms with Crippen LogP contribution in [0.15, 0.2) is 0 Å². The highest BCUT2D eigenvalue weighted by molar-refractivity contribution is 4.93. The molecular weight excluding hydrogens is 184 g/mol. The van der Waals surface area contributed by atoms with Crippen LogP contribution in [0.2, 0.25) is 0 Å². The molecule has 2 atom stereocenters. The van der Waals surface area contributed by atoms with Crippen molar-refractivity contribution in [3.63, 3.8) is 0 Å². The molecule has 2 aliphatic rings. The minimum atomic E-state index is 0.509. The lowest BCUT2D eigenvalue weighted by Crippen LogP contribution is -2.59. The van der Waals surface area contributed by atoms with Crippen molar-refractivity contribution in [1.29, 1.82) is 0 Å². The van der Waals surface area contributed by atoms with Crippen LogP contribution in [0, 0.1) is 11.3 Å². The molecule has 0 aromatic carbocycles. The van der Waals surface area contributed by atoms with Crippen LogP contribution in [0.4, 0.5) is 0 Å². The molecule has 15 heavy (non-hydrogen) atoms. The summed E-state index contributed by atoms with van der Waals surface area (Å²) in [5.41, 5.74) is 0.509. The predicted molar refractivity (Wildman–Crippen MR) is 65.0 cm³/mol. The third-order valence-electron chi connectivity index (χ3n) is 4.25. The largest absolute Gasteiger partial charge is 0.314 e. The summed E-state index contributed by atoms with van der Waals surface area (Å²) in [6.45, 7) is 13.3. The van der Waals surface area contributed by atoms with Crippen LogP contribution >= 0.6 is 0 Å². The fraction of sp³-hybridized carbons (Fsp3) is 1.00. The van der Waals surface area contributed by atoms with Gasteiger partial charge >= 0.3 is 0 Å². The second-order valence-corrected chi connectivity index (χ2v) is 6.55. The first-order chi connectivity index (χ1) is 6.97. The molecule has 2 saturated heterocycles. The maximum atomic E-state index is 3.53. The van der Waals surface area contributed by atoms with Crippen molar-refractivity contribution in [3.05, 3.63) is 0 Å². The first kappa shape index (κ1) is 11.4. The molecule has 2 aliphatic heterocycles. The van der Waals surface area contributed by atoms with Crippen molar-refractivity contribution in [2.75, 3.05) is 19.6 Å². The van der Waals surface area contributed by atoms with Crippen molar-refractivity contribution in [3.8, 4) is 0 Å². The van der Waals surface area contributed by atoms with Crippen LogP contribution in [0.3, 0.4) is 0 Å². The Morgan fingerprint density at radius 1 is 1.20 bits per heavy atom. The van der Waals surface area contributed by atoms with E-state index in [-0.39, 0.29) is 0 Å². The maximum Gasteiger partial charge on any atom is 0.0122 e. The average molecular weight is 210 g/mol. The first-order valence-electron chi connectivity index (χ1n) is 6.44. The van der Waals surface area contributed by atoms with E-state index in [2.05, 4.69) is 37.9 Å². The molecule has 0 aliphatic carbocycles. The van der Waals surface area contributed by atoms with Gasteiger partial charge in [0.1, 0.15) is 0 Å². The minimum Gasteiger partial charge on any atom is -0.314 e.